The molecular weight excluding hydrogens is 449 g/mol. The molecule has 5 nitrogen and oxygen atoms in total. The van der Waals surface area contributed by atoms with E-state index in [-0.39, 0.29) is 21.2 Å². The van der Waals surface area contributed by atoms with Crippen molar-refractivity contribution in [3.63, 3.8) is 0 Å². The quantitative estimate of drug-likeness (QED) is 0.529. The van der Waals surface area contributed by atoms with Crippen molar-refractivity contribution in [3.8, 4) is 0 Å². The molecule has 0 saturated heterocycles. The third-order valence-electron chi connectivity index (χ3n) is 4.53. The van der Waals surface area contributed by atoms with Crippen molar-refractivity contribution in [1.29, 1.82) is 0 Å². The summed E-state index contributed by atoms with van der Waals surface area (Å²) in [5, 5.41) is 0.542. The van der Waals surface area contributed by atoms with Crippen LogP contribution in [0.1, 0.15) is 11.1 Å². The number of rotatable bonds is 7. The van der Waals surface area contributed by atoms with Gasteiger partial charge in [0, 0.05) is 11.6 Å². The van der Waals surface area contributed by atoms with Gasteiger partial charge in [-0.25, -0.2) is 25.9 Å². The summed E-state index contributed by atoms with van der Waals surface area (Å²) in [6.07, 6.45) is 0.380. The minimum absolute atomic E-state index is 0.0977. The maximum Gasteiger partial charge on any atom is 0.240 e. The van der Waals surface area contributed by atoms with E-state index in [1.165, 1.54) is 12.1 Å². The van der Waals surface area contributed by atoms with E-state index in [0.29, 0.717) is 17.0 Å². The molecule has 0 fully saturated rings. The first-order valence-electron chi connectivity index (χ1n) is 8.95. The molecule has 0 aliphatic carbocycles. The largest absolute Gasteiger partial charge is 0.240 e. The maximum atomic E-state index is 13.1. The van der Waals surface area contributed by atoms with Crippen LogP contribution < -0.4 is 4.72 Å². The first kappa shape index (κ1) is 22.4. The molecule has 0 spiro atoms. The van der Waals surface area contributed by atoms with Crippen LogP contribution in [-0.4, -0.2) is 23.4 Å². The molecule has 0 amide bonds. The molecule has 30 heavy (non-hydrogen) atoms. The van der Waals surface area contributed by atoms with Gasteiger partial charge >= 0.3 is 0 Å². The summed E-state index contributed by atoms with van der Waals surface area (Å²) in [6, 6.07) is 15.3. The molecule has 9 heteroatoms. The van der Waals surface area contributed by atoms with Crippen molar-refractivity contribution in [3.05, 3.63) is 88.7 Å². The molecule has 0 aliphatic rings. The Balaban J connectivity index is 1.86. The number of aryl methyl sites for hydroxylation is 1. The van der Waals surface area contributed by atoms with E-state index in [2.05, 4.69) is 4.72 Å². The Morgan fingerprint density at radius 1 is 0.900 bits per heavy atom. The van der Waals surface area contributed by atoms with Crippen molar-refractivity contribution >= 4 is 31.5 Å². The van der Waals surface area contributed by atoms with Crippen LogP contribution in [0.5, 0.6) is 0 Å². The minimum Gasteiger partial charge on any atom is -0.219 e. The average Bonchev–Trinajstić information content (AvgIpc) is 2.70. The summed E-state index contributed by atoms with van der Waals surface area (Å²) < 4.78 is 66.9. The van der Waals surface area contributed by atoms with Crippen molar-refractivity contribution in [2.24, 2.45) is 0 Å². The first-order chi connectivity index (χ1) is 14.1. The number of hydrogen-bond acceptors (Lipinski definition) is 4. The lowest BCUT2D eigenvalue weighted by Gasteiger charge is -2.12. The highest BCUT2D eigenvalue weighted by Crippen LogP contribution is 2.25. The Morgan fingerprint density at radius 2 is 1.53 bits per heavy atom. The third-order valence-corrected chi connectivity index (χ3v) is 8.27. The molecule has 0 saturated carbocycles. The van der Waals surface area contributed by atoms with Gasteiger partial charge in [0.15, 0.2) is 0 Å². The predicted octanol–water partition coefficient (Wildman–Crippen LogP) is 4.14. The lowest BCUT2D eigenvalue weighted by molar-refractivity contribution is 0.580. The van der Waals surface area contributed by atoms with E-state index in [1.807, 2.05) is 6.07 Å². The summed E-state index contributed by atoms with van der Waals surface area (Å²) in [4.78, 5) is -0.446. The number of halogens is 2. The summed E-state index contributed by atoms with van der Waals surface area (Å²) in [6.45, 7) is 1.68. The van der Waals surface area contributed by atoms with Crippen LogP contribution in [0.15, 0.2) is 81.4 Å². The number of sulfonamides is 1. The van der Waals surface area contributed by atoms with Gasteiger partial charge in [-0.05, 0) is 66.9 Å². The number of benzene rings is 3. The maximum absolute atomic E-state index is 13.1. The number of hydrogen-bond donors (Lipinski definition) is 1. The highest BCUT2D eigenvalue weighted by molar-refractivity contribution is 7.91. The normalized spacial score (nSPS) is 12.1. The highest BCUT2D eigenvalue weighted by Gasteiger charge is 2.23. The molecule has 3 rings (SSSR count). The zero-order chi connectivity index (χ0) is 21.9. The monoisotopic (exact) mass is 467 g/mol. The van der Waals surface area contributed by atoms with E-state index in [1.54, 1.807) is 25.1 Å². The van der Waals surface area contributed by atoms with Crippen LogP contribution in [0.3, 0.4) is 0 Å². The Morgan fingerprint density at radius 3 is 2.20 bits per heavy atom. The molecule has 0 atom stereocenters. The van der Waals surface area contributed by atoms with Gasteiger partial charge < -0.3 is 0 Å². The molecule has 158 valence electrons. The van der Waals surface area contributed by atoms with Gasteiger partial charge in [0.2, 0.25) is 19.9 Å². The van der Waals surface area contributed by atoms with Crippen LogP contribution in [0.4, 0.5) is 4.39 Å². The van der Waals surface area contributed by atoms with Crippen LogP contribution in [0, 0.1) is 12.7 Å². The second-order valence-corrected chi connectivity index (χ2v) is 10.7. The molecular formula is C21H19ClFNO4S2. The van der Waals surface area contributed by atoms with Gasteiger partial charge in [-0.3, -0.25) is 0 Å². The van der Waals surface area contributed by atoms with Crippen molar-refractivity contribution < 1.29 is 21.2 Å². The van der Waals surface area contributed by atoms with Gasteiger partial charge in [0.25, 0.3) is 0 Å². The average molecular weight is 468 g/mol. The van der Waals surface area contributed by atoms with Crippen LogP contribution in [0.2, 0.25) is 5.02 Å². The highest BCUT2D eigenvalue weighted by atomic mass is 35.5. The fraction of sp³-hybridized carbons (Fsp3) is 0.143. The van der Waals surface area contributed by atoms with Gasteiger partial charge in [-0.15, -0.1) is 0 Å². The van der Waals surface area contributed by atoms with Gasteiger partial charge in [0.05, 0.1) is 14.7 Å². The molecule has 0 aliphatic heterocycles. The van der Waals surface area contributed by atoms with E-state index in [4.69, 9.17) is 11.6 Å². The summed E-state index contributed by atoms with van der Waals surface area (Å²) >= 11 is 6.09. The zero-order valence-electron chi connectivity index (χ0n) is 16.0. The summed E-state index contributed by atoms with van der Waals surface area (Å²) in [7, 11) is -7.96. The molecule has 0 heterocycles. The Kier molecular flexibility index (Phi) is 6.62. The number of nitrogens with one attached hydrogen (secondary N) is 1. The second kappa shape index (κ2) is 8.85. The first-order valence-corrected chi connectivity index (χ1v) is 12.3. The topological polar surface area (TPSA) is 80.3 Å². The summed E-state index contributed by atoms with van der Waals surface area (Å²) in [5.74, 6) is -0.566. The van der Waals surface area contributed by atoms with Gasteiger partial charge in [-0.2, -0.15) is 0 Å². The number of sulfone groups is 1. The lowest BCUT2D eigenvalue weighted by Crippen LogP contribution is -2.27. The fourth-order valence-corrected chi connectivity index (χ4v) is 5.78. The Bertz CT molecular complexity index is 1270. The van der Waals surface area contributed by atoms with E-state index >= 15 is 0 Å². The molecule has 0 unspecified atom stereocenters. The third kappa shape index (κ3) is 4.89. The zero-order valence-corrected chi connectivity index (χ0v) is 18.4. The van der Waals surface area contributed by atoms with Crippen molar-refractivity contribution in [1.82, 2.24) is 4.72 Å². The Labute approximate surface area is 180 Å². The fourth-order valence-electron chi connectivity index (χ4n) is 2.89. The van der Waals surface area contributed by atoms with Crippen LogP contribution in [0.25, 0.3) is 0 Å². The van der Waals surface area contributed by atoms with Crippen LogP contribution in [-0.2, 0) is 26.3 Å². The standard InChI is InChI=1S/C21H19ClFNO4S2/c1-15-6-9-19(29(25,26)18-10-7-17(23)8-11-18)14-21(15)30(27,28)24-13-12-16-4-2-3-5-20(16)22/h2-11,14,24H,12-13H2,1H3. The lowest BCUT2D eigenvalue weighted by atomic mass is 10.1. The molecule has 0 radical (unpaired) electrons. The van der Waals surface area contributed by atoms with E-state index < -0.39 is 25.7 Å². The second-order valence-electron chi connectivity index (χ2n) is 6.62. The smallest absolute Gasteiger partial charge is 0.219 e. The minimum atomic E-state index is -4.00. The van der Waals surface area contributed by atoms with Crippen LogP contribution >= 0.6 is 11.6 Å². The molecule has 1 N–H and O–H groups in total. The predicted molar refractivity (Wildman–Crippen MR) is 113 cm³/mol. The van der Waals surface area contributed by atoms with Crippen molar-refractivity contribution in [2.75, 3.05) is 6.54 Å². The molecule has 3 aromatic carbocycles. The molecule has 3 aromatic rings. The van der Waals surface area contributed by atoms with Crippen molar-refractivity contribution in [2.45, 2.75) is 28.0 Å². The van der Waals surface area contributed by atoms with E-state index in [9.17, 15) is 21.2 Å². The summed E-state index contributed by atoms with van der Waals surface area (Å²) in [5.41, 5.74) is 1.20. The molecule has 0 aromatic heterocycles. The Hall–Kier alpha value is -2.26. The van der Waals surface area contributed by atoms with Gasteiger partial charge in [0.1, 0.15) is 5.82 Å². The van der Waals surface area contributed by atoms with E-state index in [0.717, 1.165) is 35.9 Å². The molecule has 0 bridgehead atoms. The van der Waals surface area contributed by atoms with Gasteiger partial charge in [-0.1, -0.05) is 35.9 Å². The SMILES string of the molecule is Cc1ccc(S(=O)(=O)c2ccc(F)cc2)cc1S(=O)(=O)NCCc1ccccc1Cl.